The van der Waals surface area contributed by atoms with Crippen LogP contribution in [0.2, 0.25) is 5.02 Å². The predicted molar refractivity (Wildman–Crippen MR) is 118 cm³/mol. The van der Waals surface area contributed by atoms with E-state index in [0.717, 1.165) is 5.56 Å². The second-order valence-electron chi connectivity index (χ2n) is 7.83. The fraction of sp³-hybridized carbons (Fsp3) is 0.217. The molecule has 0 aliphatic heterocycles. The number of carboxylic acids is 1. The molecule has 1 heterocycles. The second kappa shape index (κ2) is 8.83. The molecule has 0 bridgehead atoms. The molecule has 2 aromatic carbocycles. The fourth-order valence-corrected chi connectivity index (χ4v) is 2.99. The molecule has 0 fully saturated rings. The molecule has 1 aromatic heterocycles. The predicted octanol–water partition coefficient (Wildman–Crippen LogP) is 4.58. The van der Waals surface area contributed by atoms with Crippen LogP contribution in [-0.4, -0.2) is 32.6 Å². The van der Waals surface area contributed by atoms with Gasteiger partial charge in [-0.25, -0.2) is 19.6 Å². The zero-order valence-electron chi connectivity index (χ0n) is 17.3. The maximum absolute atomic E-state index is 12.7. The Morgan fingerprint density at radius 3 is 1.87 bits per heavy atom. The molecule has 8 heteroatoms. The molecule has 0 saturated carbocycles. The van der Waals surface area contributed by atoms with E-state index in [9.17, 15) is 14.7 Å². The van der Waals surface area contributed by atoms with E-state index in [1.807, 2.05) is 12.1 Å². The highest BCUT2D eigenvalue weighted by Crippen LogP contribution is 2.31. The minimum Gasteiger partial charge on any atom is -0.476 e. The van der Waals surface area contributed by atoms with Gasteiger partial charge in [-0.3, -0.25) is 0 Å². The topological polar surface area (TPSA) is 115 Å². The molecule has 0 unspecified atom stereocenters. The first kappa shape index (κ1) is 22.4. The summed E-state index contributed by atoms with van der Waals surface area (Å²) in [6, 6.07) is 14.0. The van der Waals surface area contributed by atoms with Gasteiger partial charge >= 0.3 is 11.9 Å². The van der Waals surface area contributed by atoms with E-state index >= 15 is 0 Å². The summed E-state index contributed by atoms with van der Waals surface area (Å²) in [6.07, 6.45) is 0. The summed E-state index contributed by atoms with van der Waals surface area (Å²) in [6.45, 7) is 5.43. The number of hydrogen-bond donors (Lipinski definition) is 2. The molecule has 0 atom stereocenters. The van der Waals surface area contributed by atoms with Crippen LogP contribution in [0.1, 0.15) is 47.3 Å². The standard InChI is InChI=1S/C23H22ClN3O4/c1-23(2,3)31-22(30)20-19(21(28)29)26-17(14-6-4-13(12-25)5-7-14)18(27-20)15-8-10-16(24)11-9-15/h4-11H,12,25H2,1-3H3,(H,28,29). The summed E-state index contributed by atoms with van der Waals surface area (Å²) >= 11 is 6.01. The molecule has 0 saturated heterocycles. The number of rotatable bonds is 5. The number of carboxylic acid groups (broad SMARTS) is 1. The number of ether oxygens (including phenoxy) is 1. The average Bonchev–Trinajstić information content (AvgIpc) is 2.72. The van der Waals surface area contributed by atoms with Crippen molar-refractivity contribution in [3.05, 3.63) is 70.5 Å². The van der Waals surface area contributed by atoms with Crippen molar-refractivity contribution >= 4 is 23.5 Å². The lowest BCUT2D eigenvalue weighted by Gasteiger charge is -2.20. The van der Waals surface area contributed by atoms with Gasteiger partial charge in [-0.15, -0.1) is 0 Å². The van der Waals surface area contributed by atoms with Crippen molar-refractivity contribution < 1.29 is 19.4 Å². The van der Waals surface area contributed by atoms with E-state index in [2.05, 4.69) is 9.97 Å². The molecule has 0 amide bonds. The van der Waals surface area contributed by atoms with Crippen molar-refractivity contribution in [2.75, 3.05) is 0 Å². The molecule has 3 rings (SSSR count). The third-order valence-electron chi connectivity index (χ3n) is 4.27. The summed E-state index contributed by atoms with van der Waals surface area (Å²) in [5.74, 6) is -2.24. The maximum atomic E-state index is 12.7. The van der Waals surface area contributed by atoms with E-state index in [4.69, 9.17) is 22.1 Å². The first-order chi connectivity index (χ1) is 14.6. The van der Waals surface area contributed by atoms with Crippen LogP contribution >= 0.6 is 11.6 Å². The van der Waals surface area contributed by atoms with Gasteiger partial charge in [0.05, 0.1) is 11.4 Å². The smallest absolute Gasteiger partial charge is 0.360 e. The van der Waals surface area contributed by atoms with Crippen molar-refractivity contribution in [3.63, 3.8) is 0 Å². The van der Waals surface area contributed by atoms with Crippen LogP contribution in [0.5, 0.6) is 0 Å². The van der Waals surface area contributed by atoms with Gasteiger partial charge in [0.15, 0.2) is 11.4 Å². The number of aromatic nitrogens is 2. The van der Waals surface area contributed by atoms with Crippen molar-refractivity contribution in [1.82, 2.24) is 9.97 Å². The van der Waals surface area contributed by atoms with E-state index in [1.165, 1.54) is 0 Å². The SMILES string of the molecule is CC(C)(C)OC(=O)c1nc(-c2ccc(Cl)cc2)c(-c2ccc(CN)cc2)nc1C(=O)O. The van der Waals surface area contributed by atoms with Crippen LogP contribution in [0.25, 0.3) is 22.5 Å². The highest BCUT2D eigenvalue weighted by atomic mass is 35.5. The molecule has 7 nitrogen and oxygen atoms in total. The van der Waals surface area contributed by atoms with Gasteiger partial charge in [-0.1, -0.05) is 48.0 Å². The number of esters is 1. The lowest BCUT2D eigenvalue weighted by Crippen LogP contribution is -2.26. The molecule has 0 spiro atoms. The molecule has 3 N–H and O–H groups in total. The quantitative estimate of drug-likeness (QED) is 0.559. The van der Waals surface area contributed by atoms with E-state index in [1.54, 1.807) is 57.2 Å². The molecular weight excluding hydrogens is 418 g/mol. The Morgan fingerprint density at radius 2 is 1.42 bits per heavy atom. The number of aromatic carboxylic acids is 1. The summed E-state index contributed by atoms with van der Waals surface area (Å²) in [5, 5.41) is 10.2. The number of nitrogens with two attached hydrogens (primary N) is 1. The Morgan fingerprint density at radius 1 is 0.935 bits per heavy atom. The van der Waals surface area contributed by atoms with Crippen molar-refractivity contribution in [2.24, 2.45) is 5.73 Å². The zero-order chi connectivity index (χ0) is 22.8. The first-order valence-electron chi connectivity index (χ1n) is 9.53. The molecule has 0 aliphatic rings. The van der Waals surface area contributed by atoms with Gasteiger partial charge in [-0.2, -0.15) is 0 Å². The number of nitrogens with zero attached hydrogens (tertiary/aromatic N) is 2. The number of carbonyl (C=O) groups is 2. The van der Waals surface area contributed by atoms with Crippen molar-refractivity contribution in [3.8, 4) is 22.5 Å². The number of halogens is 1. The lowest BCUT2D eigenvalue weighted by atomic mass is 10.0. The number of hydrogen-bond acceptors (Lipinski definition) is 6. The van der Waals surface area contributed by atoms with Crippen LogP contribution in [0.4, 0.5) is 0 Å². The highest BCUT2D eigenvalue weighted by molar-refractivity contribution is 6.30. The van der Waals surface area contributed by atoms with Crippen molar-refractivity contribution in [1.29, 1.82) is 0 Å². The van der Waals surface area contributed by atoms with Gasteiger partial charge in [0, 0.05) is 22.7 Å². The van der Waals surface area contributed by atoms with Crippen LogP contribution in [-0.2, 0) is 11.3 Å². The molecular formula is C23H22ClN3O4. The van der Waals surface area contributed by atoms with Crippen LogP contribution in [0.3, 0.4) is 0 Å². The summed E-state index contributed by atoms with van der Waals surface area (Å²) in [5.41, 5.74) is 6.81. The van der Waals surface area contributed by atoms with E-state index in [-0.39, 0.29) is 5.69 Å². The van der Waals surface area contributed by atoms with Crippen LogP contribution in [0, 0.1) is 0 Å². The Kier molecular flexibility index (Phi) is 6.38. The van der Waals surface area contributed by atoms with Crippen molar-refractivity contribution in [2.45, 2.75) is 32.9 Å². The Hall–Kier alpha value is -3.29. The Bertz CT molecular complexity index is 1120. The number of carbonyl (C=O) groups excluding carboxylic acids is 1. The normalized spacial score (nSPS) is 11.3. The largest absolute Gasteiger partial charge is 0.476 e. The highest BCUT2D eigenvalue weighted by Gasteiger charge is 2.28. The molecule has 31 heavy (non-hydrogen) atoms. The third kappa shape index (κ3) is 5.25. The average molecular weight is 440 g/mol. The minimum atomic E-state index is -1.38. The minimum absolute atomic E-state index is 0.315. The third-order valence-corrected chi connectivity index (χ3v) is 4.52. The lowest BCUT2D eigenvalue weighted by molar-refractivity contribution is 0.00583. The Labute approximate surface area is 184 Å². The summed E-state index contributed by atoms with van der Waals surface area (Å²) in [7, 11) is 0. The molecule has 3 aromatic rings. The molecule has 0 aliphatic carbocycles. The summed E-state index contributed by atoms with van der Waals surface area (Å²) < 4.78 is 5.36. The van der Waals surface area contributed by atoms with Crippen LogP contribution in [0.15, 0.2) is 48.5 Å². The molecule has 0 radical (unpaired) electrons. The zero-order valence-corrected chi connectivity index (χ0v) is 18.1. The summed E-state index contributed by atoms with van der Waals surface area (Å²) in [4.78, 5) is 33.4. The van der Waals surface area contributed by atoms with Gasteiger partial charge < -0.3 is 15.6 Å². The van der Waals surface area contributed by atoms with E-state index in [0.29, 0.717) is 34.1 Å². The second-order valence-corrected chi connectivity index (χ2v) is 8.27. The van der Waals surface area contributed by atoms with Gasteiger partial charge in [-0.05, 0) is 38.5 Å². The fourth-order valence-electron chi connectivity index (χ4n) is 2.86. The number of benzene rings is 2. The van der Waals surface area contributed by atoms with Gasteiger partial charge in [0.1, 0.15) is 5.60 Å². The van der Waals surface area contributed by atoms with Gasteiger partial charge in [0.2, 0.25) is 0 Å². The van der Waals surface area contributed by atoms with Gasteiger partial charge in [0.25, 0.3) is 0 Å². The first-order valence-corrected chi connectivity index (χ1v) is 9.91. The Balaban J connectivity index is 2.27. The van der Waals surface area contributed by atoms with E-state index < -0.39 is 23.2 Å². The monoisotopic (exact) mass is 439 g/mol. The maximum Gasteiger partial charge on any atom is 0.360 e. The molecule has 160 valence electrons. The van der Waals surface area contributed by atoms with Crippen LogP contribution < -0.4 is 5.73 Å².